The molecular weight excluding hydrogens is 225 g/mol. The Morgan fingerprint density at radius 1 is 1.44 bits per heavy atom. The van der Waals surface area contributed by atoms with Crippen molar-refractivity contribution in [3.8, 4) is 0 Å². The van der Waals surface area contributed by atoms with Gasteiger partial charge in [-0.3, -0.25) is 4.79 Å². The van der Waals surface area contributed by atoms with E-state index in [4.69, 9.17) is 0 Å². The maximum Gasteiger partial charge on any atom is 0.233 e. The topological polar surface area (TPSA) is 29.1 Å². The Morgan fingerprint density at radius 3 is 2.81 bits per heavy atom. The minimum atomic E-state index is -0.249. The van der Waals surface area contributed by atoms with E-state index >= 15 is 0 Å². The predicted octanol–water partition coefficient (Wildman–Crippen LogP) is 2.34. The molecule has 0 aromatic heterocycles. The highest BCUT2D eigenvalue weighted by molar-refractivity contribution is 8.00. The Hall–Kier alpha value is -1.03. The number of hydrogen-bond donors (Lipinski definition) is 1. The van der Waals surface area contributed by atoms with Crippen LogP contribution in [-0.4, -0.2) is 16.9 Å². The van der Waals surface area contributed by atoms with Crippen molar-refractivity contribution in [2.75, 3.05) is 5.75 Å². The van der Waals surface area contributed by atoms with Crippen LogP contribution < -0.4 is 5.32 Å². The normalized spacial score (nSPS) is 19.7. The van der Waals surface area contributed by atoms with Crippen molar-refractivity contribution in [1.82, 2.24) is 5.32 Å². The summed E-state index contributed by atoms with van der Waals surface area (Å²) in [6, 6.07) is 6.20. The van der Waals surface area contributed by atoms with Gasteiger partial charge in [0.1, 0.15) is 5.82 Å². The summed E-state index contributed by atoms with van der Waals surface area (Å²) in [4.78, 5) is 11.7. The fraction of sp³-hybridized carbons (Fsp3) is 0.417. The SMILES string of the molecule is O=C(NCc1ccc(F)cc1)C1CCCS1. The Kier molecular flexibility index (Phi) is 3.83. The van der Waals surface area contributed by atoms with Gasteiger partial charge in [-0.25, -0.2) is 4.39 Å². The van der Waals surface area contributed by atoms with E-state index in [1.54, 1.807) is 23.9 Å². The van der Waals surface area contributed by atoms with Crippen LogP contribution in [0.3, 0.4) is 0 Å². The number of nitrogens with one attached hydrogen (secondary N) is 1. The summed E-state index contributed by atoms with van der Waals surface area (Å²) in [7, 11) is 0. The molecule has 0 radical (unpaired) electrons. The Labute approximate surface area is 98.6 Å². The van der Waals surface area contributed by atoms with Gasteiger partial charge in [-0.1, -0.05) is 12.1 Å². The Bertz CT molecular complexity index is 360. The molecule has 16 heavy (non-hydrogen) atoms. The van der Waals surface area contributed by atoms with Crippen molar-refractivity contribution < 1.29 is 9.18 Å². The zero-order chi connectivity index (χ0) is 11.4. The van der Waals surface area contributed by atoms with Crippen LogP contribution in [0.15, 0.2) is 24.3 Å². The minimum absolute atomic E-state index is 0.104. The molecule has 0 spiro atoms. The number of thioether (sulfide) groups is 1. The van der Waals surface area contributed by atoms with Gasteiger partial charge < -0.3 is 5.32 Å². The van der Waals surface area contributed by atoms with E-state index in [9.17, 15) is 9.18 Å². The van der Waals surface area contributed by atoms with Gasteiger partial charge in [0.05, 0.1) is 5.25 Å². The zero-order valence-electron chi connectivity index (χ0n) is 8.91. The van der Waals surface area contributed by atoms with Crippen LogP contribution in [-0.2, 0) is 11.3 Å². The third-order valence-corrected chi connectivity index (χ3v) is 3.98. The second-order valence-electron chi connectivity index (χ2n) is 3.85. The summed E-state index contributed by atoms with van der Waals surface area (Å²) in [6.45, 7) is 0.482. The largest absolute Gasteiger partial charge is 0.351 e. The Morgan fingerprint density at radius 2 is 2.19 bits per heavy atom. The van der Waals surface area contributed by atoms with E-state index in [1.807, 2.05) is 0 Å². The number of benzene rings is 1. The van der Waals surface area contributed by atoms with Crippen LogP contribution in [0, 0.1) is 5.82 Å². The highest BCUT2D eigenvalue weighted by atomic mass is 32.2. The molecule has 4 heteroatoms. The van der Waals surface area contributed by atoms with Gasteiger partial charge in [-0.05, 0) is 36.3 Å². The molecule has 1 amide bonds. The van der Waals surface area contributed by atoms with Crippen LogP contribution in [0.1, 0.15) is 18.4 Å². The highest BCUT2D eigenvalue weighted by Crippen LogP contribution is 2.26. The number of halogens is 1. The molecule has 1 aromatic carbocycles. The van der Waals surface area contributed by atoms with E-state index in [1.165, 1.54) is 12.1 Å². The Balaban J connectivity index is 1.82. The average Bonchev–Trinajstić information content (AvgIpc) is 2.81. The lowest BCUT2D eigenvalue weighted by atomic mass is 10.2. The molecular formula is C12H14FNOS. The highest BCUT2D eigenvalue weighted by Gasteiger charge is 2.22. The average molecular weight is 239 g/mol. The third-order valence-electron chi connectivity index (χ3n) is 2.60. The number of carbonyl (C=O) groups excluding carboxylic acids is 1. The van der Waals surface area contributed by atoms with Gasteiger partial charge in [0, 0.05) is 6.54 Å². The van der Waals surface area contributed by atoms with E-state index in [0.717, 1.165) is 24.2 Å². The van der Waals surface area contributed by atoms with Crippen LogP contribution in [0.5, 0.6) is 0 Å². The molecule has 1 unspecified atom stereocenters. The summed E-state index contributed by atoms with van der Waals surface area (Å²) in [5.41, 5.74) is 0.928. The first-order chi connectivity index (χ1) is 7.75. The molecule has 1 heterocycles. The molecule has 1 aliphatic rings. The summed E-state index contributed by atoms with van der Waals surface area (Å²) in [6.07, 6.45) is 2.10. The molecule has 1 saturated heterocycles. The molecule has 1 N–H and O–H groups in total. The van der Waals surface area contributed by atoms with E-state index in [-0.39, 0.29) is 17.0 Å². The maximum atomic E-state index is 12.6. The van der Waals surface area contributed by atoms with E-state index in [2.05, 4.69) is 5.32 Å². The van der Waals surface area contributed by atoms with E-state index in [0.29, 0.717) is 6.54 Å². The van der Waals surface area contributed by atoms with Crippen LogP contribution in [0.25, 0.3) is 0 Å². The zero-order valence-corrected chi connectivity index (χ0v) is 9.73. The first-order valence-corrected chi connectivity index (χ1v) is 6.44. The van der Waals surface area contributed by atoms with Crippen LogP contribution >= 0.6 is 11.8 Å². The maximum absolute atomic E-state index is 12.6. The second-order valence-corrected chi connectivity index (χ2v) is 5.16. The number of amides is 1. The quantitative estimate of drug-likeness (QED) is 0.877. The lowest BCUT2D eigenvalue weighted by Gasteiger charge is -2.09. The van der Waals surface area contributed by atoms with Crippen molar-refractivity contribution in [2.24, 2.45) is 0 Å². The molecule has 1 atom stereocenters. The molecule has 2 rings (SSSR count). The number of hydrogen-bond acceptors (Lipinski definition) is 2. The monoisotopic (exact) mass is 239 g/mol. The molecule has 0 saturated carbocycles. The fourth-order valence-corrected chi connectivity index (χ4v) is 2.88. The summed E-state index contributed by atoms with van der Waals surface area (Å²) in [5.74, 6) is 0.933. The van der Waals surface area contributed by atoms with Crippen LogP contribution in [0.4, 0.5) is 4.39 Å². The fourth-order valence-electron chi connectivity index (χ4n) is 1.69. The van der Waals surface area contributed by atoms with Crippen LogP contribution in [0.2, 0.25) is 0 Å². The summed E-state index contributed by atoms with van der Waals surface area (Å²) in [5, 5.41) is 2.99. The molecule has 0 aliphatic carbocycles. The van der Waals surface area contributed by atoms with Crippen molar-refractivity contribution in [2.45, 2.75) is 24.6 Å². The van der Waals surface area contributed by atoms with Gasteiger partial charge in [0.2, 0.25) is 5.91 Å². The standard InChI is InChI=1S/C12H14FNOS/c13-10-5-3-9(4-6-10)8-14-12(15)11-2-1-7-16-11/h3-6,11H,1-2,7-8H2,(H,14,15). The van der Waals surface area contributed by atoms with Crippen molar-refractivity contribution in [3.63, 3.8) is 0 Å². The van der Waals surface area contributed by atoms with Crippen molar-refractivity contribution in [1.29, 1.82) is 0 Å². The predicted molar refractivity (Wildman–Crippen MR) is 63.7 cm³/mol. The molecule has 1 aliphatic heterocycles. The number of rotatable bonds is 3. The van der Waals surface area contributed by atoms with Crippen molar-refractivity contribution >= 4 is 17.7 Å². The second kappa shape index (κ2) is 5.34. The van der Waals surface area contributed by atoms with Crippen molar-refractivity contribution in [3.05, 3.63) is 35.6 Å². The minimum Gasteiger partial charge on any atom is -0.351 e. The lowest BCUT2D eigenvalue weighted by Crippen LogP contribution is -2.30. The van der Waals surface area contributed by atoms with Gasteiger partial charge in [0.15, 0.2) is 0 Å². The number of carbonyl (C=O) groups is 1. The molecule has 2 nitrogen and oxygen atoms in total. The summed E-state index contributed by atoms with van der Waals surface area (Å²) >= 11 is 1.72. The lowest BCUT2D eigenvalue weighted by molar-refractivity contribution is -0.120. The van der Waals surface area contributed by atoms with Gasteiger partial charge >= 0.3 is 0 Å². The van der Waals surface area contributed by atoms with Gasteiger partial charge in [-0.15, -0.1) is 11.8 Å². The summed E-state index contributed by atoms with van der Waals surface area (Å²) < 4.78 is 12.6. The van der Waals surface area contributed by atoms with E-state index < -0.39 is 0 Å². The smallest absolute Gasteiger partial charge is 0.233 e. The first-order valence-electron chi connectivity index (χ1n) is 5.39. The molecule has 0 bridgehead atoms. The third kappa shape index (κ3) is 2.98. The molecule has 1 fully saturated rings. The van der Waals surface area contributed by atoms with Gasteiger partial charge in [-0.2, -0.15) is 0 Å². The van der Waals surface area contributed by atoms with Gasteiger partial charge in [0.25, 0.3) is 0 Å². The molecule has 86 valence electrons. The first kappa shape index (κ1) is 11.5. The molecule has 1 aromatic rings.